The molecule has 8 heteroatoms. The largest absolute Gasteiger partial charge is 0.491 e. The Balaban J connectivity index is 2.01. The third-order valence-corrected chi connectivity index (χ3v) is 5.15. The number of methoxy groups -OCH3 is 2. The molecule has 1 aliphatic carbocycles. The minimum absolute atomic E-state index is 0.100. The van der Waals surface area contributed by atoms with Gasteiger partial charge in [-0.2, -0.15) is 0 Å². The van der Waals surface area contributed by atoms with Crippen molar-refractivity contribution in [2.75, 3.05) is 32.8 Å². The molecular weight excluding hydrogens is 400 g/mol. The fourth-order valence-electron chi connectivity index (χ4n) is 3.56. The van der Waals surface area contributed by atoms with E-state index in [4.69, 9.17) is 18.9 Å². The number of benzene rings is 1. The van der Waals surface area contributed by atoms with Crippen LogP contribution in [-0.4, -0.2) is 57.2 Å². The van der Waals surface area contributed by atoms with Crippen molar-refractivity contribution in [1.82, 2.24) is 5.32 Å². The molecule has 0 heterocycles. The van der Waals surface area contributed by atoms with Crippen molar-refractivity contribution in [3.8, 4) is 5.75 Å². The molecule has 1 fully saturated rings. The molecule has 0 aromatic heterocycles. The van der Waals surface area contributed by atoms with Crippen LogP contribution in [0.5, 0.6) is 5.75 Å². The first-order valence-electron chi connectivity index (χ1n) is 10.7. The lowest BCUT2D eigenvalue weighted by atomic mass is 9.90. The van der Waals surface area contributed by atoms with E-state index < -0.39 is 11.6 Å². The van der Waals surface area contributed by atoms with Crippen LogP contribution in [0.1, 0.15) is 62.4 Å². The average molecular weight is 437 g/mol. The summed E-state index contributed by atoms with van der Waals surface area (Å²) in [6.45, 7) is 8.30. The van der Waals surface area contributed by atoms with Crippen molar-refractivity contribution < 1.29 is 28.5 Å². The Morgan fingerprint density at radius 3 is 2.26 bits per heavy atom. The highest BCUT2D eigenvalue weighted by Gasteiger charge is 2.25. The molecule has 1 aliphatic rings. The van der Waals surface area contributed by atoms with E-state index in [1.165, 1.54) is 7.11 Å². The molecule has 0 spiro atoms. The average Bonchev–Trinajstić information content (AvgIpc) is 2.69. The lowest BCUT2D eigenvalue weighted by Crippen LogP contribution is -2.42. The fraction of sp³-hybridized carbons (Fsp3) is 0.652. The second-order valence-electron chi connectivity index (χ2n) is 8.82. The summed E-state index contributed by atoms with van der Waals surface area (Å²) in [6, 6.07) is 3.94. The Morgan fingerprint density at radius 2 is 1.68 bits per heavy atom. The number of esters is 1. The number of carbonyl (C=O) groups is 2. The Kier molecular flexibility index (Phi) is 8.98. The first kappa shape index (κ1) is 24.8. The van der Waals surface area contributed by atoms with Gasteiger partial charge in [0.25, 0.3) is 0 Å². The molecule has 1 amide bonds. The molecule has 2 N–H and O–H groups in total. The predicted molar refractivity (Wildman–Crippen MR) is 119 cm³/mol. The number of anilines is 1. The summed E-state index contributed by atoms with van der Waals surface area (Å²) >= 11 is 0. The number of carbonyl (C=O) groups excluding carboxylic acids is 2. The normalized spacial score (nSPS) is 18.8. The highest BCUT2D eigenvalue weighted by atomic mass is 16.6. The topological polar surface area (TPSA) is 95.1 Å². The van der Waals surface area contributed by atoms with Crippen molar-refractivity contribution in [2.45, 2.75) is 71.1 Å². The lowest BCUT2D eigenvalue weighted by Gasteiger charge is -2.31. The van der Waals surface area contributed by atoms with Gasteiger partial charge in [-0.05, 0) is 65.0 Å². The minimum atomic E-state index is -0.506. The monoisotopic (exact) mass is 436 g/mol. The molecule has 1 aromatic carbocycles. The van der Waals surface area contributed by atoms with Gasteiger partial charge in [0.15, 0.2) is 0 Å². The van der Waals surface area contributed by atoms with E-state index >= 15 is 0 Å². The summed E-state index contributed by atoms with van der Waals surface area (Å²) in [5.41, 5.74) is 1.63. The lowest BCUT2D eigenvalue weighted by molar-refractivity contribution is 0.0491. The molecule has 0 atom stereocenters. The smallest absolute Gasteiger partial charge is 0.407 e. The summed E-state index contributed by atoms with van der Waals surface area (Å²) < 4.78 is 21.0. The number of amides is 1. The molecule has 0 radical (unpaired) electrons. The van der Waals surface area contributed by atoms with E-state index in [0.717, 1.165) is 36.9 Å². The quantitative estimate of drug-likeness (QED) is 0.469. The van der Waals surface area contributed by atoms with Crippen LogP contribution >= 0.6 is 0 Å². The van der Waals surface area contributed by atoms with Gasteiger partial charge in [-0.25, -0.2) is 9.59 Å². The van der Waals surface area contributed by atoms with Crippen LogP contribution < -0.4 is 15.4 Å². The third-order valence-electron chi connectivity index (χ3n) is 5.15. The number of nitrogens with one attached hydrogen (secondary N) is 2. The van der Waals surface area contributed by atoms with Gasteiger partial charge >= 0.3 is 12.1 Å². The van der Waals surface area contributed by atoms with E-state index in [2.05, 4.69) is 10.6 Å². The summed E-state index contributed by atoms with van der Waals surface area (Å²) in [5, 5.41) is 6.51. The molecule has 174 valence electrons. The van der Waals surface area contributed by atoms with Gasteiger partial charge in [0.2, 0.25) is 0 Å². The zero-order valence-electron chi connectivity index (χ0n) is 19.5. The van der Waals surface area contributed by atoms with Gasteiger partial charge in [-0.15, -0.1) is 0 Å². The number of hydrogen-bond acceptors (Lipinski definition) is 7. The number of alkyl carbamates (subject to hydrolysis) is 1. The van der Waals surface area contributed by atoms with Crippen molar-refractivity contribution in [2.24, 2.45) is 0 Å². The maximum absolute atomic E-state index is 12.2. The van der Waals surface area contributed by atoms with Crippen LogP contribution in [0.2, 0.25) is 0 Å². The second-order valence-corrected chi connectivity index (χ2v) is 8.82. The Bertz CT molecular complexity index is 751. The molecule has 0 bridgehead atoms. The van der Waals surface area contributed by atoms with Crippen molar-refractivity contribution in [1.29, 1.82) is 0 Å². The van der Waals surface area contributed by atoms with Crippen LogP contribution in [0.4, 0.5) is 10.5 Å². The molecular formula is C23H36N2O6. The zero-order valence-corrected chi connectivity index (χ0v) is 19.5. The molecule has 1 aromatic rings. The van der Waals surface area contributed by atoms with Gasteiger partial charge in [0.05, 0.1) is 19.3 Å². The first-order chi connectivity index (χ1) is 14.6. The Morgan fingerprint density at radius 1 is 1.03 bits per heavy atom. The summed E-state index contributed by atoms with van der Waals surface area (Å²) in [4.78, 5) is 24.2. The number of rotatable bonds is 8. The van der Waals surface area contributed by atoms with Crippen LogP contribution in [0.15, 0.2) is 12.1 Å². The first-order valence-corrected chi connectivity index (χ1v) is 10.7. The van der Waals surface area contributed by atoms with Crippen LogP contribution in [-0.2, 0) is 14.2 Å². The molecule has 8 nitrogen and oxygen atoms in total. The van der Waals surface area contributed by atoms with Crippen molar-refractivity contribution in [3.05, 3.63) is 23.3 Å². The van der Waals surface area contributed by atoms with Crippen LogP contribution in [0.25, 0.3) is 0 Å². The Hall–Kier alpha value is -2.48. The van der Waals surface area contributed by atoms with Gasteiger partial charge in [-0.1, -0.05) is 0 Å². The summed E-state index contributed by atoms with van der Waals surface area (Å²) in [6.07, 6.45) is 3.11. The maximum atomic E-state index is 12.2. The van der Waals surface area contributed by atoms with Crippen LogP contribution in [0.3, 0.4) is 0 Å². The van der Waals surface area contributed by atoms with E-state index in [9.17, 15) is 9.59 Å². The van der Waals surface area contributed by atoms with Gasteiger partial charge in [0, 0.05) is 30.9 Å². The minimum Gasteiger partial charge on any atom is -0.491 e. The molecule has 0 aliphatic heterocycles. The number of hydrogen-bond donors (Lipinski definition) is 2. The summed E-state index contributed by atoms with van der Waals surface area (Å²) in [7, 11) is 2.98. The second kappa shape index (κ2) is 11.2. The van der Waals surface area contributed by atoms with E-state index in [1.54, 1.807) is 13.2 Å². The molecule has 0 saturated heterocycles. The van der Waals surface area contributed by atoms with Gasteiger partial charge in [0.1, 0.15) is 18.0 Å². The molecule has 0 unspecified atom stereocenters. The summed E-state index contributed by atoms with van der Waals surface area (Å²) in [5.74, 6) is 0.189. The molecule has 1 saturated carbocycles. The van der Waals surface area contributed by atoms with Gasteiger partial charge < -0.3 is 29.6 Å². The maximum Gasteiger partial charge on any atom is 0.407 e. The Labute approximate surface area is 185 Å². The van der Waals surface area contributed by atoms with Crippen molar-refractivity contribution >= 4 is 17.7 Å². The van der Waals surface area contributed by atoms with E-state index in [1.807, 2.05) is 33.8 Å². The SMILES string of the molecule is COCCOc1cc(NC2CCC(NC(=O)OC(C)(C)C)CC2)c(C)c(C(=O)OC)c1. The van der Waals surface area contributed by atoms with Crippen molar-refractivity contribution in [3.63, 3.8) is 0 Å². The van der Waals surface area contributed by atoms with Gasteiger partial charge in [-0.3, -0.25) is 0 Å². The highest BCUT2D eigenvalue weighted by Crippen LogP contribution is 2.30. The molecule has 31 heavy (non-hydrogen) atoms. The zero-order chi connectivity index (χ0) is 23.0. The van der Waals surface area contributed by atoms with E-state index in [-0.39, 0.29) is 18.2 Å². The molecule has 2 rings (SSSR count). The predicted octanol–water partition coefficient (Wildman–Crippen LogP) is 4.05. The standard InChI is InChI=1S/C23H36N2O6/c1-15-19(21(26)29-6)13-18(30-12-11-28-5)14-20(15)24-16-7-9-17(10-8-16)25-22(27)31-23(2,3)4/h13-14,16-17,24H,7-12H2,1-6H3,(H,25,27). The fourth-order valence-corrected chi connectivity index (χ4v) is 3.56. The van der Waals surface area contributed by atoms with Crippen LogP contribution in [0, 0.1) is 6.92 Å². The highest BCUT2D eigenvalue weighted by molar-refractivity contribution is 5.93. The third kappa shape index (κ3) is 7.94. The number of ether oxygens (including phenoxy) is 4. The van der Waals surface area contributed by atoms with E-state index in [0.29, 0.717) is 24.5 Å².